The van der Waals surface area contributed by atoms with Crippen molar-refractivity contribution in [3.05, 3.63) is 35.9 Å². The maximum absolute atomic E-state index is 11.1. The van der Waals surface area contributed by atoms with Gasteiger partial charge in [0.15, 0.2) is 5.78 Å². The predicted molar refractivity (Wildman–Crippen MR) is 67.5 cm³/mol. The van der Waals surface area contributed by atoms with Gasteiger partial charge in [0.1, 0.15) is 5.82 Å². The number of carbonyl (C=O) groups excluding carboxylic acids is 1. The molecule has 0 saturated carbocycles. The fraction of sp³-hybridized carbons (Fsp3) is 0.231. The molecule has 1 aromatic carbocycles. The minimum atomic E-state index is 0.0590. The molecule has 0 atom stereocenters. The van der Waals surface area contributed by atoms with Crippen molar-refractivity contribution >= 4 is 22.5 Å². The first-order valence-corrected chi connectivity index (χ1v) is 5.34. The van der Waals surface area contributed by atoms with Gasteiger partial charge in [-0.05, 0) is 37.3 Å². The smallest absolute Gasteiger partial charge is 0.159 e. The first-order valence-electron chi connectivity index (χ1n) is 5.34. The topological polar surface area (TPSA) is 56.0 Å². The third-order valence-electron chi connectivity index (χ3n) is 2.12. The number of hydrogen-bond acceptors (Lipinski definition) is 3. The summed E-state index contributed by atoms with van der Waals surface area (Å²) in [6.07, 6.45) is 0. The molecule has 0 bridgehead atoms. The van der Waals surface area contributed by atoms with E-state index in [2.05, 4.69) is 4.98 Å². The second-order valence-corrected chi connectivity index (χ2v) is 3.20. The van der Waals surface area contributed by atoms with Gasteiger partial charge in [-0.2, -0.15) is 0 Å². The molecule has 0 aliphatic carbocycles. The summed E-state index contributed by atoms with van der Waals surface area (Å²) in [7, 11) is 0. The third-order valence-corrected chi connectivity index (χ3v) is 2.12. The Morgan fingerprint density at radius 1 is 1.19 bits per heavy atom. The number of aromatic nitrogens is 1. The number of benzene rings is 1. The fourth-order valence-corrected chi connectivity index (χ4v) is 1.36. The van der Waals surface area contributed by atoms with E-state index in [1.165, 1.54) is 0 Å². The van der Waals surface area contributed by atoms with E-state index in [1.807, 2.05) is 32.0 Å². The molecule has 0 aliphatic rings. The number of nitrogens with two attached hydrogens (primary N) is 1. The minimum Gasteiger partial charge on any atom is -0.384 e. The summed E-state index contributed by atoms with van der Waals surface area (Å²) in [6.45, 7) is 5.55. The average Bonchev–Trinajstić information content (AvgIpc) is 2.30. The highest BCUT2D eigenvalue weighted by molar-refractivity contribution is 5.97. The molecule has 2 aromatic rings. The van der Waals surface area contributed by atoms with Gasteiger partial charge >= 0.3 is 0 Å². The molecular formula is C13H16N2O. The van der Waals surface area contributed by atoms with E-state index in [9.17, 15) is 4.79 Å². The van der Waals surface area contributed by atoms with Gasteiger partial charge in [-0.15, -0.1) is 0 Å². The largest absolute Gasteiger partial charge is 0.384 e. The van der Waals surface area contributed by atoms with Crippen LogP contribution in [0.25, 0.3) is 10.9 Å². The first-order chi connectivity index (χ1) is 7.66. The predicted octanol–water partition coefficient (Wildman–Crippen LogP) is 3.05. The van der Waals surface area contributed by atoms with Crippen LogP contribution in [0.1, 0.15) is 31.1 Å². The molecule has 0 fully saturated rings. The van der Waals surface area contributed by atoms with Gasteiger partial charge in [0, 0.05) is 10.9 Å². The number of nitrogen functional groups attached to an aromatic ring is 1. The van der Waals surface area contributed by atoms with Crippen molar-refractivity contribution in [2.24, 2.45) is 0 Å². The number of anilines is 1. The van der Waals surface area contributed by atoms with Gasteiger partial charge in [-0.25, -0.2) is 4.98 Å². The van der Waals surface area contributed by atoms with Crippen LogP contribution in [0.5, 0.6) is 0 Å². The van der Waals surface area contributed by atoms with Crippen molar-refractivity contribution in [2.75, 3.05) is 5.73 Å². The summed E-state index contributed by atoms with van der Waals surface area (Å²) < 4.78 is 0. The standard InChI is InChI=1S/C11H10N2O.C2H6/c1-7(14)8-2-4-10-9(6-8)3-5-11(12)13-10;1-2/h2-6H,1H3,(H2,12,13);1-2H3. The van der Waals surface area contributed by atoms with Crippen LogP contribution in [-0.2, 0) is 0 Å². The second-order valence-electron chi connectivity index (χ2n) is 3.20. The molecule has 1 heterocycles. The van der Waals surface area contributed by atoms with E-state index in [0.717, 1.165) is 10.9 Å². The van der Waals surface area contributed by atoms with Gasteiger partial charge in [-0.3, -0.25) is 4.79 Å². The summed E-state index contributed by atoms with van der Waals surface area (Å²) in [5.41, 5.74) is 7.06. The first kappa shape index (κ1) is 12.2. The lowest BCUT2D eigenvalue weighted by Gasteiger charge is -2.00. The quantitative estimate of drug-likeness (QED) is 0.745. The lowest BCUT2D eigenvalue weighted by atomic mass is 10.1. The van der Waals surface area contributed by atoms with Crippen LogP contribution < -0.4 is 5.73 Å². The van der Waals surface area contributed by atoms with E-state index in [4.69, 9.17) is 5.73 Å². The SMILES string of the molecule is CC.CC(=O)c1ccc2nc(N)ccc2c1. The monoisotopic (exact) mass is 216 g/mol. The van der Waals surface area contributed by atoms with Gasteiger partial charge in [-0.1, -0.05) is 13.8 Å². The Morgan fingerprint density at radius 2 is 1.88 bits per heavy atom. The number of nitrogens with zero attached hydrogens (tertiary/aromatic N) is 1. The molecule has 0 unspecified atom stereocenters. The highest BCUT2D eigenvalue weighted by Crippen LogP contribution is 2.15. The number of rotatable bonds is 1. The molecule has 0 radical (unpaired) electrons. The molecule has 16 heavy (non-hydrogen) atoms. The van der Waals surface area contributed by atoms with Crippen LogP contribution in [0.15, 0.2) is 30.3 Å². The lowest BCUT2D eigenvalue weighted by Crippen LogP contribution is -1.93. The molecule has 0 spiro atoms. The minimum absolute atomic E-state index is 0.0590. The Kier molecular flexibility index (Phi) is 4.00. The van der Waals surface area contributed by atoms with E-state index in [1.54, 1.807) is 19.1 Å². The van der Waals surface area contributed by atoms with Crippen LogP contribution in [-0.4, -0.2) is 10.8 Å². The second kappa shape index (κ2) is 5.26. The van der Waals surface area contributed by atoms with Gasteiger partial charge in [0.05, 0.1) is 5.52 Å². The number of fused-ring (bicyclic) bond motifs is 1. The van der Waals surface area contributed by atoms with Crippen molar-refractivity contribution in [2.45, 2.75) is 20.8 Å². The van der Waals surface area contributed by atoms with E-state index in [-0.39, 0.29) is 5.78 Å². The van der Waals surface area contributed by atoms with E-state index in [0.29, 0.717) is 11.4 Å². The summed E-state index contributed by atoms with van der Waals surface area (Å²) in [5.74, 6) is 0.553. The van der Waals surface area contributed by atoms with Crippen molar-refractivity contribution in [1.82, 2.24) is 4.98 Å². The Bertz CT molecular complexity index is 506. The number of Topliss-reactive ketones (excluding diaryl/α,β-unsaturated/α-hetero) is 1. The Morgan fingerprint density at radius 3 is 2.50 bits per heavy atom. The molecular weight excluding hydrogens is 200 g/mol. The van der Waals surface area contributed by atoms with Crippen molar-refractivity contribution in [3.8, 4) is 0 Å². The lowest BCUT2D eigenvalue weighted by molar-refractivity contribution is 0.101. The molecule has 0 amide bonds. The zero-order valence-corrected chi connectivity index (χ0v) is 9.82. The summed E-state index contributed by atoms with van der Waals surface area (Å²) >= 11 is 0. The zero-order chi connectivity index (χ0) is 12.1. The maximum atomic E-state index is 11.1. The normalized spacial score (nSPS) is 9.44. The van der Waals surface area contributed by atoms with Crippen LogP contribution in [0.2, 0.25) is 0 Å². The molecule has 84 valence electrons. The summed E-state index contributed by atoms with van der Waals surface area (Å²) in [6, 6.07) is 8.99. The fourth-order valence-electron chi connectivity index (χ4n) is 1.36. The number of ketones is 1. The summed E-state index contributed by atoms with van der Waals surface area (Å²) in [5, 5.41) is 0.937. The van der Waals surface area contributed by atoms with Crippen LogP contribution in [0.4, 0.5) is 5.82 Å². The summed E-state index contributed by atoms with van der Waals surface area (Å²) in [4.78, 5) is 15.3. The molecule has 3 heteroatoms. The van der Waals surface area contributed by atoms with E-state index >= 15 is 0 Å². The third kappa shape index (κ3) is 2.57. The Balaban J connectivity index is 0.000000606. The van der Waals surface area contributed by atoms with Gasteiger partial charge in [0.2, 0.25) is 0 Å². The number of pyridine rings is 1. The van der Waals surface area contributed by atoms with Crippen molar-refractivity contribution < 1.29 is 4.79 Å². The zero-order valence-electron chi connectivity index (χ0n) is 9.82. The Hall–Kier alpha value is -1.90. The molecule has 1 aromatic heterocycles. The van der Waals surface area contributed by atoms with E-state index < -0.39 is 0 Å². The van der Waals surface area contributed by atoms with Gasteiger partial charge < -0.3 is 5.73 Å². The molecule has 2 N–H and O–H groups in total. The average molecular weight is 216 g/mol. The molecule has 3 nitrogen and oxygen atoms in total. The highest BCUT2D eigenvalue weighted by Gasteiger charge is 2.01. The number of carbonyl (C=O) groups is 1. The van der Waals surface area contributed by atoms with Crippen LogP contribution >= 0.6 is 0 Å². The number of hydrogen-bond donors (Lipinski definition) is 1. The van der Waals surface area contributed by atoms with Gasteiger partial charge in [0.25, 0.3) is 0 Å². The van der Waals surface area contributed by atoms with Crippen LogP contribution in [0, 0.1) is 0 Å². The van der Waals surface area contributed by atoms with Crippen molar-refractivity contribution in [1.29, 1.82) is 0 Å². The maximum Gasteiger partial charge on any atom is 0.159 e. The Labute approximate surface area is 95.3 Å². The molecule has 2 rings (SSSR count). The van der Waals surface area contributed by atoms with Crippen molar-refractivity contribution in [3.63, 3.8) is 0 Å². The molecule has 0 saturated heterocycles. The van der Waals surface area contributed by atoms with Crippen LogP contribution in [0.3, 0.4) is 0 Å². The highest BCUT2D eigenvalue weighted by atomic mass is 16.1. The molecule has 0 aliphatic heterocycles.